The maximum Gasteiger partial charge on any atom is 0.319 e. The molecular weight excluding hydrogens is 519 g/mol. The summed E-state index contributed by atoms with van der Waals surface area (Å²) in [6.45, 7) is 1.63. The average molecular weight is 545 g/mol. The monoisotopic (exact) mass is 544 g/mol. The molecule has 0 spiro atoms. The van der Waals surface area contributed by atoms with E-state index in [4.69, 9.17) is 32.7 Å². The van der Waals surface area contributed by atoms with Crippen molar-refractivity contribution in [3.05, 3.63) is 81.8 Å². The van der Waals surface area contributed by atoms with Crippen molar-refractivity contribution in [1.82, 2.24) is 0 Å². The van der Waals surface area contributed by atoms with E-state index in [0.717, 1.165) is 0 Å². The fraction of sp³-hybridized carbons (Fsp3) is 0.222. The molecule has 3 rings (SSSR count). The molecule has 1 atom stereocenters. The number of para-hydroxylation sites is 1. The van der Waals surface area contributed by atoms with Crippen LogP contribution in [0.3, 0.4) is 0 Å². The van der Waals surface area contributed by atoms with Crippen LogP contribution in [-0.2, 0) is 16.0 Å². The highest BCUT2D eigenvalue weighted by molar-refractivity contribution is 6.40. The highest BCUT2D eigenvalue weighted by Crippen LogP contribution is 2.37. The Morgan fingerprint density at radius 2 is 1.41 bits per heavy atom. The van der Waals surface area contributed by atoms with Crippen molar-refractivity contribution in [3.8, 4) is 11.5 Å². The van der Waals surface area contributed by atoms with Crippen molar-refractivity contribution in [1.29, 1.82) is 0 Å². The van der Waals surface area contributed by atoms with Gasteiger partial charge in [-0.1, -0.05) is 54.4 Å². The summed E-state index contributed by atoms with van der Waals surface area (Å²) in [5, 5.41) is 16.0. The third kappa shape index (κ3) is 5.98. The fourth-order valence-corrected chi connectivity index (χ4v) is 4.43. The number of methoxy groups -OCH3 is 2. The quantitative estimate of drug-likeness (QED) is 0.273. The molecule has 0 saturated carbocycles. The lowest BCUT2D eigenvalue weighted by molar-refractivity contribution is -0.154. The number of hydrogen-bond acceptors (Lipinski definition) is 5. The highest BCUT2D eigenvalue weighted by Gasteiger charge is 2.45. The minimum atomic E-state index is -1.78. The molecule has 0 saturated heterocycles. The molecule has 0 bridgehead atoms. The molecule has 0 aliphatic carbocycles. The van der Waals surface area contributed by atoms with E-state index in [1.165, 1.54) is 14.2 Å². The average Bonchev–Trinajstić information content (AvgIpc) is 2.88. The maximum atomic E-state index is 13.4. The number of carbonyl (C=O) groups is 3. The lowest BCUT2D eigenvalue weighted by atomic mass is 9.78. The fourth-order valence-electron chi connectivity index (χ4n) is 3.86. The van der Waals surface area contributed by atoms with Gasteiger partial charge in [-0.25, -0.2) is 0 Å². The summed E-state index contributed by atoms with van der Waals surface area (Å²) in [5.74, 6) is -1.80. The van der Waals surface area contributed by atoms with Crippen LogP contribution in [0.15, 0.2) is 60.7 Å². The van der Waals surface area contributed by atoms with Crippen molar-refractivity contribution in [2.24, 2.45) is 5.41 Å². The number of carboxylic acids is 1. The number of hydrogen-bond donors (Lipinski definition) is 3. The van der Waals surface area contributed by atoms with Gasteiger partial charge in [0.2, 0.25) is 5.91 Å². The van der Waals surface area contributed by atoms with Crippen LogP contribution in [0.25, 0.3) is 0 Å². The Kier molecular flexibility index (Phi) is 9.02. The zero-order valence-electron chi connectivity index (χ0n) is 20.4. The molecule has 0 aliphatic heterocycles. The van der Waals surface area contributed by atoms with Crippen molar-refractivity contribution >= 4 is 52.4 Å². The first kappa shape index (κ1) is 27.8. The van der Waals surface area contributed by atoms with E-state index >= 15 is 0 Å². The van der Waals surface area contributed by atoms with E-state index in [9.17, 15) is 19.5 Å². The van der Waals surface area contributed by atoms with Gasteiger partial charge in [0.25, 0.3) is 5.91 Å². The van der Waals surface area contributed by atoms with Crippen LogP contribution in [0, 0.1) is 5.41 Å². The summed E-state index contributed by atoms with van der Waals surface area (Å²) in [6, 6.07) is 16.2. The molecular formula is C27H26Cl2N2O6. The molecule has 3 aromatic rings. The molecule has 0 aromatic heterocycles. The van der Waals surface area contributed by atoms with E-state index in [0.29, 0.717) is 22.7 Å². The molecule has 0 fully saturated rings. The molecule has 1 unspecified atom stereocenters. The van der Waals surface area contributed by atoms with E-state index in [1.54, 1.807) is 67.6 Å². The summed E-state index contributed by atoms with van der Waals surface area (Å²) in [5.41, 5.74) is -0.352. The number of amides is 2. The lowest BCUT2D eigenvalue weighted by Crippen LogP contribution is -2.44. The Morgan fingerprint density at radius 1 is 0.865 bits per heavy atom. The zero-order chi connectivity index (χ0) is 27.2. The number of rotatable bonds is 10. The second-order valence-corrected chi connectivity index (χ2v) is 8.97. The molecule has 10 heteroatoms. The number of carbonyl (C=O) groups excluding carboxylic acids is 2. The number of carboxylic acid groups (broad SMARTS) is 1. The Morgan fingerprint density at radius 3 is 1.89 bits per heavy atom. The Bertz CT molecular complexity index is 1270. The van der Waals surface area contributed by atoms with Gasteiger partial charge in [0, 0.05) is 5.69 Å². The molecule has 8 nitrogen and oxygen atoms in total. The van der Waals surface area contributed by atoms with Crippen LogP contribution in [0.2, 0.25) is 10.0 Å². The van der Waals surface area contributed by atoms with E-state index in [1.807, 2.05) is 0 Å². The third-order valence-electron chi connectivity index (χ3n) is 6.02. The molecule has 3 aromatic carbocycles. The summed E-state index contributed by atoms with van der Waals surface area (Å²) in [6.07, 6.45) is -0.0676. The first-order chi connectivity index (χ1) is 17.7. The largest absolute Gasteiger partial charge is 0.494 e. The van der Waals surface area contributed by atoms with Crippen molar-refractivity contribution in [2.45, 2.75) is 19.8 Å². The zero-order valence-corrected chi connectivity index (χ0v) is 21.9. The summed E-state index contributed by atoms with van der Waals surface area (Å²) < 4.78 is 10.6. The van der Waals surface area contributed by atoms with Gasteiger partial charge in [0.05, 0.1) is 29.8 Å². The first-order valence-corrected chi connectivity index (χ1v) is 12.0. The Labute approximate surface area is 224 Å². The number of halogens is 2. The molecule has 2 amide bonds. The number of benzene rings is 3. The predicted octanol–water partition coefficient (Wildman–Crippen LogP) is 5.93. The van der Waals surface area contributed by atoms with Crippen molar-refractivity contribution in [2.75, 3.05) is 24.9 Å². The minimum Gasteiger partial charge on any atom is -0.494 e. The SMILES string of the molecule is CCC(Cc1ccc(NC(=O)c2c(Cl)cccc2Cl)cc1)(C(=O)O)C(=O)Nc1c(OC)cccc1OC. The van der Waals surface area contributed by atoms with Crippen molar-refractivity contribution < 1.29 is 29.0 Å². The third-order valence-corrected chi connectivity index (χ3v) is 6.65. The van der Waals surface area contributed by atoms with Crippen LogP contribution in [0.5, 0.6) is 11.5 Å². The van der Waals surface area contributed by atoms with Gasteiger partial charge in [-0.05, 0) is 54.8 Å². The number of ether oxygens (including phenoxy) is 2. The van der Waals surface area contributed by atoms with Crippen LogP contribution in [-0.4, -0.2) is 37.1 Å². The van der Waals surface area contributed by atoms with Gasteiger partial charge in [0.1, 0.15) is 17.2 Å². The van der Waals surface area contributed by atoms with Crippen LogP contribution in [0.1, 0.15) is 29.3 Å². The highest BCUT2D eigenvalue weighted by atomic mass is 35.5. The van der Waals surface area contributed by atoms with Gasteiger partial charge in [-0.3, -0.25) is 14.4 Å². The van der Waals surface area contributed by atoms with Crippen molar-refractivity contribution in [3.63, 3.8) is 0 Å². The van der Waals surface area contributed by atoms with Crippen LogP contribution >= 0.6 is 23.2 Å². The molecule has 0 heterocycles. The topological polar surface area (TPSA) is 114 Å². The van der Waals surface area contributed by atoms with E-state index < -0.39 is 23.2 Å². The predicted molar refractivity (Wildman–Crippen MR) is 143 cm³/mol. The Hall–Kier alpha value is -3.75. The molecule has 194 valence electrons. The smallest absolute Gasteiger partial charge is 0.319 e. The van der Waals surface area contributed by atoms with Crippen LogP contribution < -0.4 is 20.1 Å². The number of anilines is 2. The summed E-state index contributed by atoms with van der Waals surface area (Å²) in [4.78, 5) is 38.5. The normalized spacial score (nSPS) is 12.2. The van der Waals surface area contributed by atoms with E-state index in [2.05, 4.69) is 10.6 Å². The minimum absolute atomic E-state index is 0.0229. The molecule has 3 N–H and O–H groups in total. The lowest BCUT2D eigenvalue weighted by Gasteiger charge is -2.28. The second kappa shape index (κ2) is 12.0. The second-order valence-electron chi connectivity index (χ2n) is 8.16. The molecule has 0 radical (unpaired) electrons. The summed E-state index contributed by atoms with van der Waals surface area (Å²) >= 11 is 12.2. The standard InChI is InChI=1S/C27H26Cl2N2O6/c1-4-27(26(34)35,25(33)31-23-20(36-2)9-6-10-21(23)37-3)15-16-11-13-17(14-12-16)30-24(32)22-18(28)7-5-8-19(22)29/h5-14H,4,15H2,1-3H3,(H,30,32)(H,31,33)(H,34,35). The maximum absolute atomic E-state index is 13.4. The first-order valence-electron chi connectivity index (χ1n) is 11.3. The van der Waals surface area contributed by atoms with Gasteiger partial charge < -0.3 is 25.2 Å². The van der Waals surface area contributed by atoms with Gasteiger partial charge >= 0.3 is 5.97 Å². The number of nitrogens with one attached hydrogen (secondary N) is 2. The van der Waals surface area contributed by atoms with E-state index in [-0.39, 0.29) is 34.1 Å². The van der Waals surface area contributed by atoms with Gasteiger partial charge in [0.15, 0.2) is 5.41 Å². The summed E-state index contributed by atoms with van der Waals surface area (Å²) in [7, 11) is 2.88. The molecule has 37 heavy (non-hydrogen) atoms. The molecule has 0 aliphatic rings. The van der Waals surface area contributed by atoms with Gasteiger partial charge in [-0.2, -0.15) is 0 Å². The van der Waals surface area contributed by atoms with Gasteiger partial charge in [-0.15, -0.1) is 0 Å². The van der Waals surface area contributed by atoms with Crippen LogP contribution in [0.4, 0.5) is 11.4 Å². The Balaban J connectivity index is 1.83. The number of aliphatic carboxylic acids is 1.